The minimum Gasteiger partial charge on any atom is -0.457 e. The van der Waals surface area contributed by atoms with Gasteiger partial charge < -0.3 is 15.0 Å². The first-order valence-electron chi connectivity index (χ1n) is 9.13. The Balaban J connectivity index is 1.81. The highest BCUT2D eigenvalue weighted by molar-refractivity contribution is 6.30. The maximum absolute atomic E-state index is 12.9. The number of para-hydroxylation sites is 1. The summed E-state index contributed by atoms with van der Waals surface area (Å²) < 4.78 is 6.02. The van der Waals surface area contributed by atoms with Gasteiger partial charge in [0.05, 0.1) is 5.92 Å². The highest BCUT2D eigenvalue weighted by atomic mass is 35.5. The molecule has 2 aromatic rings. The number of ether oxygens (including phenoxy) is 1. The van der Waals surface area contributed by atoms with E-state index in [1.165, 1.54) is 12.2 Å². The van der Waals surface area contributed by atoms with Crippen molar-refractivity contribution in [1.29, 1.82) is 0 Å². The number of hydrogen-bond acceptors (Lipinski definition) is 4. The molecule has 0 saturated carbocycles. The minimum atomic E-state index is -0.469. The van der Waals surface area contributed by atoms with E-state index in [4.69, 9.17) is 16.3 Å². The maximum Gasteiger partial charge on any atom is 0.244 e. The van der Waals surface area contributed by atoms with Gasteiger partial charge in [-0.15, -0.1) is 0 Å². The lowest BCUT2D eigenvalue weighted by Crippen LogP contribution is -2.30. The molecule has 0 aromatic heterocycles. The SMILES string of the molecule is CN(C)CCNC(=O)/C=C/C(=O)C1Cc2ccccc2Oc2ccc(Cl)cc21. The second-order valence-corrected chi connectivity index (χ2v) is 7.42. The summed E-state index contributed by atoms with van der Waals surface area (Å²) in [6.45, 7) is 1.25. The fraction of sp³-hybridized carbons (Fsp3) is 0.273. The number of ketones is 1. The van der Waals surface area contributed by atoms with Crippen LogP contribution in [0, 0.1) is 0 Å². The molecule has 1 heterocycles. The van der Waals surface area contributed by atoms with E-state index in [-0.39, 0.29) is 11.7 Å². The number of benzene rings is 2. The third kappa shape index (κ3) is 5.00. The summed E-state index contributed by atoms with van der Waals surface area (Å²) in [5.41, 5.74) is 1.67. The fourth-order valence-corrected chi connectivity index (χ4v) is 3.27. The summed E-state index contributed by atoms with van der Waals surface area (Å²) in [6.07, 6.45) is 3.11. The fourth-order valence-electron chi connectivity index (χ4n) is 3.09. The second-order valence-electron chi connectivity index (χ2n) is 6.98. The number of nitrogens with one attached hydrogen (secondary N) is 1. The van der Waals surface area contributed by atoms with Crippen LogP contribution in [0.2, 0.25) is 5.02 Å². The van der Waals surface area contributed by atoms with Crippen LogP contribution in [0.4, 0.5) is 0 Å². The number of likely N-dealkylation sites (N-methyl/N-ethyl adjacent to an activating group) is 1. The Bertz CT molecular complexity index is 908. The molecule has 1 atom stereocenters. The standard InChI is InChI=1S/C22H23ClN2O3/c1-25(2)12-11-24-22(27)10-8-19(26)17-13-15-5-3-4-6-20(15)28-21-9-7-16(23)14-18(17)21/h3-10,14,17H,11-13H2,1-2H3,(H,24,27)/b10-8+. The van der Waals surface area contributed by atoms with Gasteiger partial charge in [0, 0.05) is 29.8 Å². The molecule has 28 heavy (non-hydrogen) atoms. The summed E-state index contributed by atoms with van der Waals surface area (Å²) >= 11 is 6.17. The number of allylic oxidation sites excluding steroid dienone is 1. The van der Waals surface area contributed by atoms with Crippen LogP contribution >= 0.6 is 11.6 Å². The third-order valence-electron chi connectivity index (χ3n) is 4.56. The predicted octanol–water partition coefficient (Wildman–Crippen LogP) is 3.58. The van der Waals surface area contributed by atoms with Crippen molar-refractivity contribution in [3.8, 4) is 11.5 Å². The van der Waals surface area contributed by atoms with E-state index >= 15 is 0 Å². The molecule has 0 bridgehead atoms. The molecular weight excluding hydrogens is 376 g/mol. The predicted molar refractivity (Wildman–Crippen MR) is 110 cm³/mol. The molecule has 1 amide bonds. The lowest BCUT2D eigenvalue weighted by Gasteiger charge is -2.14. The van der Waals surface area contributed by atoms with Gasteiger partial charge in [-0.05, 0) is 56.4 Å². The number of hydrogen-bond donors (Lipinski definition) is 1. The number of amides is 1. The Morgan fingerprint density at radius 2 is 1.96 bits per heavy atom. The molecule has 1 N–H and O–H groups in total. The average Bonchev–Trinajstić information content (AvgIpc) is 2.82. The summed E-state index contributed by atoms with van der Waals surface area (Å²) in [7, 11) is 3.86. The van der Waals surface area contributed by atoms with E-state index in [1.807, 2.05) is 43.3 Å². The van der Waals surface area contributed by atoms with Gasteiger partial charge in [-0.1, -0.05) is 29.8 Å². The monoisotopic (exact) mass is 398 g/mol. The van der Waals surface area contributed by atoms with Gasteiger partial charge >= 0.3 is 0 Å². The molecule has 146 valence electrons. The maximum atomic E-state index is 12.9. The molecule has 2 aromatic carbocycles. The summed E-state index contributed by atoms with van der Waals surface area (Å²) in [6, 6.07) is 12.9. The largest absolute Gasteiger partial charge is 0.457 e. The molecule has 0 aliphatic carbocycles. The van der Waals surface area contributed by atoms with Crippen molar-refractivity contribution in [3.63, 3.8) is 0 Å². The van der Waals surface area contributed by atoms with Crippen molar-refractivity contribution in [3.05, 3.63) is 70.8 Å². The van der Waals surface area contributed by atoms with Crippen molar-refractivity contribution in [2.75, 3.05) is 27.2 Å². The van der Waals surface area contributed by atoms with Gasteiger partial charge in [-0.3, -0.25) is 9.59 Å². The topological polar surface area (TPSA) is 58.6 Å². The van der Waals surface area contributed by atoms with Crippen LogP contribution in [-0.4, -0.2) is 43.8 Å². The zero-order valence-electron chi connectivity index (χ0n) is 15.9. The van der Waals surface area contributed by atoms with Crippen molar-refractivity contribution >= 4 is 23.3 Å². The zero-order chi connectivity index (χ0) is 20.1. The van der Waals surface area contributed by atoms with Crippen molar-refractivity contribution in [2.45, 2.75) is 12.3 Å². The smallest absolute Gasteiger partial charge is 0.244 e. The molecule has 6 heteroatoms. The van der Waals surface area contributed by atoms with Crippen LogP contribution in [0.25, 0.3) is 0 Å². The number of fused-ring (bicyclic) bond motifs is 2. The van der Waals surface area contributed by atoms with Crippen LogP contribution < -0.4 is 10.1 Å². The number of halogens is 1. The molecule has 1 aliphatic rings. The summed E-state index contributed by atoms with van der Waals surface area (Å²) in [5.74, 6) is 0.421. The lowest BCUT2D eigenvalue weighted by atomic mass is 9.88. The minimum absolute atomic E-state index is 0.161. The van der Waals surface area contributed by atoms with Gasteiger partial charge in [-0.25, -0.2) is 0 Å². The summed E-state index contributed by atoms with van der Waals surface area (Å²) in [5, 5.41) is 3.30. The first kappa shape index (κ1) is 20.1. The third-order valence-corrected chi connectivity index (χ3v) is 4.80. The van der Waals surface area contributed by atoms with E-state index in [0.717, 1.165) is 23.4 Å². The van der Waals surface area contributed by atoms with Gasteiger partial charge in [0.1, 0.15) is 11.5 Å². The molecule has 0 radical (unpaired) electrons. The van der Waals surface area contributed by atoms with Crippen LogP contribution in [0.5, 0.6) is 11.5 Å². The molecule has 5 nitrogen and oxygen atoms in total. The number of nitrogens with zero attached hydrogens (tertiary/aromatic N) is 1. The molecule has 1 unspecified atom stereocenters. The second kappa shape index (κ2) is 9.04. The quantitative estimate of drug-likeness (QED) is 0.755. The molecule has 0 spiro atoms. The van der Waals surface area contributed by atoms with Crippen LogP contribution in [0.15, 0.2) is 54.6 Å². The van der Waals surface area contributed by atoms with Crippen LogP contribution in [0.3, 0.4) is 0 Å². The highest BCUT2D eigenvalue weighted by Gasteiger charge is 2.28. The average molecular weight is 399 g/mol. The number of rotatable bonds is 6. The number of carbonyl (C=O) groups is 2. The van der Waals surface area contributed by atoms with Crippen molar-refractivity contribution in [2.24, 2.45) is 0 Å². The highest BCUT2D eigenvalue weighted by Crippen LogP contribution is 2.40. The Morgan fingerprint density at radius 1 is 1.18 bits per heavy atom. The van der Waals surface area contributed by atoms with E-state index in [0.29, 0.717) is 23.7 Å². The van der Waals surface area contributed by atoms with E-state index in [2.05, 4.69) is 5.32 Å². The van der Waals surface area contributed by atoms with Gasteiger partial charge in [0.25, 0.3) is 0 Å². The van der Waals surface area contributed by atoms with E-state index in [9.17, 15) is 9.59 Å². The molecule has 0 saturated heterocycles. The Labute approximate surface area is 169 Å². The van der Waals surface area contributed by atoms with Gasteiger partial charge in [-0.2, -0.15) is 0 Å². The van der Waals surface area contributed by atoms with Crippen molar-refractivity contribution < 1.29 is 14.3 Å². The summed E-state index contributed by atoms with van der Waals surface area (Å²) in [4.78, 5) is 26.9. The molecule has 3 rings (SSSR count). The Morgan fingerprint density at radius 3 is 2.75 bits per heavy atom. The normalized spacial score (nSPS) is 15.5. The van der Waals surface area contributed by atoms with Gasteiger partial charge in [0.2, 0.25) is 5.91 Å². The van der Waals surface area contributed by atoms with E-state index in [1.54, 1.807) is 18.2 Å². The molecular formula is C22H23ClN2O3. The van der Waals surface area contributed by atoms with E-state index < -0.39 is 5.92 Å². The van der Waals surface area contributed by atoms with Crippen LogP contribution in [0.1, 0.15) is 17.0 Å². The Hall–Kier alpha value is -2.63. The van der Waals surface area contributed by atoms with Gasteiger partial charge in [0.15, 0.2) is 5.78 Å². The van der Waals surface area contributed by atoms with Crippen molar-refractivity contribution in [1.82, 2.24) is 10.2 Å². The molecule has 0 fully saturated rings. The zero-order valence-corrected chi connectivity index (χ0v) is 16.7. The first-order chi connectivity index (χ1) is 13.4. The first-order valence-corrected chi connectivity index (χ1v) is 9.51. The molecule has 1 aliphatic heterocycles. The lowest BCUT2D eigenvalue weighted by molar-refractivity contribution is -0.118. The Kier molecular flexibility index (Phi) is 6.49. The van der Waals surface area contributed by atoms with Crippen LogP contribution in [-0.2, 0) is 16.0 Å². The number of carbonyl (C=O) groups excluding carboxylic acids is 2.